The van der Waals surface area contributed by atoms with Gasteiger partial charge in [0.25, 0.3) is 0 Å². The third-order valence-corrected chi connectivity index (χ3v) is 21.7. The Morgan fingerprint density at radius 2 is 1.16 bits per heavy atom. The normalized spacial score (nSPS) is 15.2. The summed E-state index contributed by atoms with van der Waals surface area (Å²) in [6.07, 6.45) is 9.08. The molecule has 5 rings (SSSR count). The molecule has 42 nitrogen and oxygen atoms in total. The average Bonchev–Trinajstić information content (AvgIpc) is 1.80. The van der Waals surface area contributed by atoms with Gasteiger partial charge in [0.05, 0.1) is 70.6 Å². The Balaban J connectivity index is 0.885. The first-order valence-corrected chi connectivity index (χ1v) is 44.7. The van der Waals surface area contributed by atoms with Crippen molar-refractivity contribution in [2.45, 2.75) is 196 Å². The number of para-hydroxylation sites is 1. The smallest absolute Gasteiger partial charge is 0.323 e. The molecule has 0 radical (unpaired) electrons. The van der Waals surface area contributed by atoms with Crippen LogP contribution in [0.5, 0.6) is 0 Å². The fraction of sp³-hybridized carbons (Fsp3) is 0.578. The molecular weight excluding hydrogens is 1700 g/mol. The van der Waals surface area contributed by atoms with Crippen LogP contribution in [-0.4, -0.2) is 271 Å². The Kier molecular flexibility index (Phi) is 50.3. The van der Waals surface area contributed by atoms with Crippen LogP contribution in [0.25, 0.3) is 6.08 Å². The zero-order chi connectivity index (χ0) is 92.8. The minimum atomic E-state index is -3.39. The van der Waals surface area contributed by atoms with Gasteiger partial charge in [-0.3, -0.25) is 90.9 Å². The number of carbonyl (C=O) groups excluding carboxylic acids is 15. The fourth-order valence-electron chi connectivity index (χ4n) is 12.9. The van der Waals surface area contributed by atoms with E-state index in [0.29, 0.717) is 55.5 Å². The lowest BCUT2D eigenvalue weighted by Crippen LogP contribution is -2.63. The standard InChI is InChI=1S/C83H124N17O25PS/c1-56-15-4-5-17-61(56)98-81(117)94-59-25-22-57(23-26-59)51-71(106)96-63(19-7-10-36-87-66(101)27-24-58-16-13-35-86-53-58)77(113)97-64(20-12-21-74(109)110)78(114)99-83(33-8-3-9-34-83)80(116)93-42-46-124-50-49-123-44-40-90-68(103)29-28-67(102)89-39-43-121-47-48-122-45-41-91-69(104)30-31-70(105)95-62(75(85)111)18-6-11-37-92-76(112)60(84)55-127-65-52-73(108)100(79(65)115)54-72(107)88-38-14-32-82(2,118)125-126(119)120/h4-5,13,15-17,22-27,35,53,60,62-65,118,126H,3,6-12,14,18-21,28-34,36-52,54-55,84H2,1-2H3,(H2,85,111)(H,87,101)(H,88,107)(H,89,102)(H,90,103)(H,91,104)(H,92,112)(H,93,116)(H,95,105)(H,96,106)(H,97,113)(H,99,114)(H,109,110)(H,119,120)(H2,94,98,117)/b27-24+/t60-,62+,63+,64+,65?,82?/m1/s1. The first kappa shape index (κ1) is 107. The van der Waals surface area contributed by atoms with Crippen LogP contribution in [0.3, 0.4) is 0 Å². The largest absolute Gasteiger partial charge is 0.481 e. The maximum absolute atomic E-state index is 14.4. The van der Waals surface area contributed by atoms with Crippen LogP contribution in [0.1, 0.15) is 158 Å². The number of carbonyl (C=O) groups is 16. The van der Waals surface area contributed by atoms with Crippen molar-refractivity contribution < 1.29 is 120 Å². The van der Waals surface area contributed by atoms with Gasteiger partial charge in [-0.15, -0.1) is 11.8 Å². The van der Waals surface area contributed by atoms with Gasteiger partial charge in [0.1, 0.15) is 30.2 Å². The molecule has 1 aliphatic carbocycles. The van der Waals surface area contributed by atoms with E-state index < -0.39 is 133 Å². The van der Waals surface area contributed by atoms with Gasteiger partial charge in [0.15, 0.2) is 5.79 Å². The Morgan fingerprint density at radius 3 is 1.74 bits per heavy atom. The molecule has 3 aromatic rings. The Labute approximate surface area is 741 Å². The quantitative estimate of drug-likeness (QED) is 0.0118. The maximum Gasteiger partial charge on any atom is 0.323 e. The summed E-state index contributed by atoms with van der Waals surface area (Å²) in [7, 11) is -3.39. The second-order valence-electron chi connectivity index (χ2n) is 30.3. The summed E-state index contributed by atoms with van der Waals surface area (Å²) < 4.78 is 37.6. The summed E-state index contributed by atoms with van der Waals surface area (Å²) in [5, 5.41) is 53.9. The molecule has 16 amide bonds. The van der Waals surface area contributed by atoms with Gasteiger partial charge >= 0.3 is 20.3 Å². The highest BCUT2D eigenvalue weighted by molar-refractivity contribution is 8.00. The number of aliphatic carboxylic acids is 1. The van der Waals surface area contributed by atoms with Crippen LogP contribution in [0.4, 0.5) is 16.2 Å². The van der Waals surface area contributed by atoms with E-state index in [-0.39, 0.29) is 218 Å². The van der Waals surface area contributed by atoms with Gasteiger partial charge < -0.3 is 115 Å². The highest BCUT2D eigenvalue weighted by Gasteiger charge is 2.43. The number of unbranched alkanes of at least 4 members (excludes halogenated alkanes) is 2. The summed E-state index contributed by atoms with van der Waals surface area (Å²) in [4.78, 5) is 220. The monoisotopic (exact) mass is 1820 g/mol. The molecule has 20 N–H and O–H groups in total. The van der Waals surface area contributed by atoms with E-state index in [1.54, 1.807) is 67.0 Å². The van der Waals surface area contributed by atoms with E-state index in [4.69, 9.17) is 35.3 Å². The number of thioether (sulfide) groups is 1. The van der Waals surface area contributed by atoms with Crippen molar-refractivity contribution in [3.8, 4) is 0 Å². The molecule has 0 spiro atoms. The highest BCUT2D eigenvalue weighted by atomic mass is 32.2. The Hall–Kier alpha value is -10.9. The first-order chi connectivity index (χ1) is 60.8. The number of amides is 16. The molecule has 2 aliphatic rings. The molecule has 702 valence electrons. The van der Waals surface area contributed by atoms with E-state index in [9.17, 15) is 91.5 Å². The third-order valence-electron chi connectivity index (χ3n) is 19.8. The lowest BCUT2D eigenvalue weighted by Gasteiger charge is -2.38. The van der Waals surface area contributed by atoms with Crippen molar-refractivity contribution in [3.63, 3.8) is 0 Å². The SMILES string of the molecule is Cc1ccccc1NC(=O)Nc1ccc(CC(=O)N[C@@H](CCCCNC(=O)/C=C/c2cccnc2)C(=O)N[C@@H](CCCC(=O)O)C(=O)NC2(C(=O)NCCOCCOCCNC(=O)CCC(=O)NCCOCCOCCNC(=O)CCC(=O)N[C@@H](CCCCNC(=O)[C@H](N)CSC3CC(=O)N(CC(=O)NCCCC(C)(O)O[PH](=O)O)C3=O)C(N)=O)CCCCC2)cc1. The minimum absolute atomic E-state index is 0.0184. The number of rotatable bonds is 64. The number of aliphatic hydroxyl groups is 1. The number of aryl methyl sites for hydroxylation is 1. The number of hydrogen-bond donors (Lipinski definition) is 18. The van der Waals surface area contributed by atoms with Crippen molar-refractivity contribution in [2.75, 3.05) is 122 Å². The molecule has 7 atom stereocenters. The van der Waals surface area contributed by atoms with E-state index in [1.165, 1.54) is 13.0 Å². The Morgan fingerprint density at radius 1 is 0.606 bits per heavy atom. The molecule has 0 bridgehead atoms. The minimum Gasteiger partial charge on any atom is -0.481 e. The van der Waals surface area contributed by atoms with Gasteiger partial charge in [-0.05, 0) is 132 Å². The zero-order valence-corrected chi connectivity index (χ0v) is 73.6. The number of ether oxygens (including phenoxy) is 4. The predicted octanol–water partition coefficient (Wildman–Crippen LogP) is 0.160. The topological polar surface area (TPSA) is 622 Å². The van der Waals surface area contributed by atoms with E-state index in [1.807, 2.05) is 19.1 Å². The van der Waals surface area contributed by atoms with Gasteiger partial charge in [-0.2, -0.15) is 0 Å². The summed E-state index contributed by atoms with van der Waals surface area (Å²) in [5.74, 6) is -10.8. The van der Waals surface area contributed by atoms with Crippen molar-refractivity contribution in [1.29, 1.82) is 0 Å². The zero-order valence-electron chi connectivity index (χ0n) is 71.8. The molecule has 1 saturated carbocycles. The number of benzene rings is 2. The number of anilines is 2. The van der Waals surface area contributed by atoms with Crippen LogP contribution >= 0.6 is 20.0 Å². The number of nitrogens with two attached hydrogens (primary N) is 2. The molecule has 2 aromatic carbocycles. The van der Waals surface area contributed by atoms with Crippen LogP contribution in [0, 0.1) is 6.92 Å². The summed E-state index contributed by atoms with van der Waals surface area (Å²) in [6, 6.07) is 12.3. The Bertz CT molecular complexity index is 4130. The average molecular weight is 1820 g/mol. The van der Waals surface area contributed by atoms with Crippen molar-refractivity contribution in [3.05, 3.63) is 95.8 Å². The number of imide groups is 1. The van der Waals surface area contributed by atoms with E-state index >= 15 is 0 Å². The van der Waals surface area contributed by atoms with E-state index in [2.05, 4.69) is 78.6 Å². The molecule has 1 saturated heterocycles. The van der Waals surface area contributed by atoms with Crippen LogP contribution < -0.4 is 80.6 Å². The van der Waals surface area contributed by atoms with Crippen LogP contribution in [0.15, 0.2) is 79.1 Å². The first-order valence-electron chi connectivity index (χ1n) is 42.4. The highest BCUT2D eigenvalue weighted by Crippen LogP contribution is 2.31. The lowest BCUT2D eigenvalue weighted by molar-refractivity contribution is -0.142. The number of nitrogens with one attached hydrogen (secondary N) is 13. The number of nitrogens with zero attached hydrogens (tertiary/aromatic N) is 2. The van der Waals surface area contributed by atoms with Gasteiger partial charge in [0.2, 0.25) is 82.7 Å². The molecule has 1 aromatic heterocycles. The van der Waals surface area contributed by atoms with Crippen molar-refractivity contribution in [2.24, 2.45) is 11.5 Å². The summed E-state index contributed by atoms with van der Waals surface area (Å²) in [6.45, 7) is 4.57. The predicted molar refractivity (Wildman–Crippen MR) is 466 cm³/mol. The number of urea groups is 1. The van der Waals surface area contributed by atoms with Gasteiger partial charge in [-0.1, -0.05) is 55.7 Å². The molecule has 44 heteroatoms. The number of carboxylic acid groups (broad SMARTS) is 1. The number of primary amides is 1. The van der Waals surface area contributed by atoms with Crippen molar-refractivity contribution in [1.82, 2.24) is 68.4 Å². The number of pyridine rings is 1. The number of aromatic nitrogens is 1. The second kappa shape index (κ2) is 60.0. The van der Waals surface area contributed by atoms with E-state index in [0.717, 1.165) is 34.2 Å². The summed E-state index contributed by atoms with van der Waals surface area (Å²) >= 11 is 0.990. The number of likely N-dealkylation sites (tertiary alicyclic amines) is 1. The number of carboxylic acids is 1. The molecule has 2 heterocycles. The third kappa shape index (κ3) is 45.4. The second-order valence-corrected chi connectivity index (χ2v) is 32.3. The molecule has 3 unspecified atom stereocenters. The van der Waals surface area contributed by atoms with Gasteiger partial charge in [-0.25, -0.2) is 4.79 Å². The van der Waals surface area contributed by atoms with Crippen LogP contribution in [-0.2, 0) is 106 Å². The van der Waals surface area contributed by atoms with Gasteiger partial charge in [0, 0.05) is 126 Å². The molecule has 127 heavy (non-hydrogen) atoms. The number of hydrogen-bond acceptors (Lipinski definition) is 26. The fourth-order valence-corrected chi connectivity index (χ4v) is 14.5. The van der Waals surface area contributed by atoms with Crippen LogP contribution in [0.2, 0.25) is 0 Å². The lowest BCUT2D eigenvalue weighted by atomic mass is 9.80. The summed E-state index contributed by atoms with van der Waals surface area (Å²) in [5.41, 5.74) is 13.4. The molecule has 1 aliphatic heterocycles. The van der Waals surface area contributed by atoms with Crippen molar-refractivity contribution >= 4 is 132 Å². The molecule has 2 fully saturated rings. The molecular formula is C83H124N17O25PS. The maximum atomic E-state index is 14.4.